The molecule has 0 radical (unpaired) electrons. The number of anilines is 1. The van der Waals surface area contributed by atoms with Gasteiger partial charge in [0.05, 0.1) is 17.2 Å². The molecule has 6 heteroatoms. The summed E-state index contributed by atoms with van der Waals surface area (Å²) in [5.74, 6) is 0.476. The number of rotatable bonds is 2. The number of hydrogen-bond acceptors (Lipinski definition) is 4. The van der Waals surface area contributed by atoms with Gasteiger partial charge in [0.25, 0.3) is 0 Å². The lowest BCUT2D eigenvalue weighted by Crippen LogP contribution is -2.34. The van der Waals surface area contributed by atoms with Crippen LogP contribution in [0.3, 0.4) is 0 Å². The Bertz CT molecular complexity index is 475. The second-order valence-corrected chi connectivity index (χ2v) is 6.53. The Balaban J connectivity index is 2.08. The van der Waals surface area contributed by atoms with Gasteiger partial charge in [0, 0.05) is 12.2 Å². The fraction of sp³-hybridized carbons (Fsp3) is 0.500. The van der Waals surface area contributed by atoms with E-state index < -0.39 is 9.84 Å². The molecule has 0 saturated carbocycles. The van der Waals surface area contributed by atoms with Crippen LogP contribution < -0.4 is 5.32 Å². The first-order valence-electron chi connectivity index (χ1n) is 5.14. The standard InChI is InChI=1S/C10H13ClN2O2S/c11-10-9(4-1-5-12-10)13-8-3-2-6-16(14,15)7-8/h1,4-5,8,13H,2-3,6-7H2. The van der Waals surface area contributed by atoms with Crippen LogP contribution in [0.2, 0.25) is 5.15 Å². The minimum Gasteiger partial charge on any atom is -0.379 e. The molecule has 4 nitrogen and oxygen atoms in total. The zero-order valence-corrected chi connectivity index (χ0v) is 10.3. The van der Waals surface area contributed by atoms with Crippen LogP contribution in [0.25, 0.3) is 0 Å². The van der Waals surface area contributed by atoms with E-state index in [1.165, 1.54) is 0 Å². The highest BCUT2D eigenvalue weighted by Crippen LogP contribution is 2.22. The van der Waals surface area contributed by atoms with Crippen molar-refractivity contribution in [2.45, 2.75) is 18.9 Å². The van der Waals surface area contributed by atoms with Gasteiger partial charge in [-0.25, -0.2) is 13.4 Å². The molecule has 88 valence electrons. The monoisotopic (exact) mass is 260 g/mol. The van der Waals surface area contributed by atoms with Crippen molar-refractivity contribution in [3.8, 4) is 0 Å². The highest BCUT2D eigenvalue weighted by molar-refractivity contribution is 7.91. The van der Waals surface area contributed by atoms with Gasteiger partial charge in [-0.05, 0) is 25.0 Å². The number of nitrogens with one attached hydrogen (secondary N) is 1. The first kappa shape index (κ1) is 11.7. The van der Waals surface area contributed by atoms with E-state index in [1.807, 2.05) is 0 Å². The number of nitrogens with zero attached hydrogens (tertiary/aromatic N) is 1. The number of pyridine rings is 1. The SMILES string of the molecule is O=S1(=O)CCCC(Nc2cccnc2Cl)C1. The number of aromatic nitrogens is 1. The van der Waals surface area contributed by atoms with Crippen molar-refractivity contribution in [1.29, 1.82) is 0 Å². The van der Waals surface area contributed by atoms with Gasteiger partial charge in [-0.3, -0.25) is 0 Å². The van der Waals surface area contributed by atoms with Crippen LogP contribution in [-0.4, -0.2) is 30.9 Å². The molecule has 1 fully saturated rings. The Morgan fingerprint density at radius 3 is 3.00 bits per heavy atom. The van der Waals surface area contributed by atoms with Crippen LogP contribution in [0.5, 0.6) is 0 Å². The molecule has 2 heterocycles. The van der Waals surface area contributed by atoms with E-state index in [-0.39, 0.29) is 11.8 Å². The van der Waals surface area contributed by atoms with Gasteiger partial charge in [-0.2, -0.15) is 0 Å². The van der Waals surface area contributed by atoms with E-state index in [1.54, 1.807) is 18.3 Å². The lowest BCUT2D eigenvalue weighted by molar-refractivity contribution is 0.562. The molecule has 16 heavy (non-hydrogen) atoms. The van der Waals surface area contributed by atoms with Crippen molar-refractivity contribution in [3.63, 3.8) is 0 Å². The molecular weight excluding hydrogens is 248 g/mol. The molecule has 1 saturated heterocycles. The van der Waals surface area contributed by atoms with E-state index in [9.17, 15) is 8.42 Å². The molecule has 1 unspecified atom stereocenters. The summed E-state index contributed by atoms with van der Waals surface area (Å²) in [4.78, 5) is 3.93. The van der Waals surface area contributed by atoms with Gasteiger partial charge in [0.1, 0.15) is 0 Å². The molecule has 1 atom stereocenters. The molecule has 1 aliphatic heterocycles. The van der Waals surface area contributed by atoms with E-state index >= 15 is 0 Å². The third-order valence-electron chi connectivity index (χ3n) is 2.58. The zero-order valence-electron chi connectivity index (χ0n) is 8.69. The van der Waals surface area contributed by atoms with Crippen molar-refractivity contribution in [3.05, 3.63) is 23.5 Å². The fourth-order valence-electron chi connectivity index (χ4n) is 1.85. The molecule has 0 aliphatic carbocycles. The summed E-state index contributed by atoms with van der Waals surface area (Å²) in [6, 6.07) is 3.52. The summed E-state index contributed by atoms with van der Waals surface area (Å²) in [6.07, 6.45) is 3.16. The Morgan fingerprint density at radius 1 is 1.50 bits per heavy atom. The van der Waals surface area contributed by atoms with Gasteiger partial charge in [-0.15, -0.1) is 0 Å². The van der Waals surface area contributed by atoms with Gasteiger partial charge in [0.2, 0.25) is 0 Å². The number of hydrogen-bond donors (Lipinski definition) is 1. The summed E-state index contributed by atoms with van der Waals surface area (Å²) in [6.45, 7) is 0. The van der Waals surface area contributed by atoms with Crippen LogP contribution in [0.15, 0.2) is 18.3 Å². The maximum Gasteiger partial charge on any atom is 0.152 e. The smallest absolute Gasteiger partial charge is 0.152 e. The molecular formula is C10H13ClN2O2S. The Hall–Kier alpha value is -0.810. The third kappa shape index (κ3) is 2.86. The highest BCUT2D eigenvalue weighted by Gasteiger charge is 2.24. The van der Waals surface area contributed by atoms with E-state index in [0.717, 1.165) is 6.42 Å². The Morgan fingerprint density at radius 2 is 2.31 bits per heavy atom. The van der Waals surface area contributed by atoms with Crippen molar-refractivity contribution in [1.82, 2.24) is 4.98 Å². The first-order chi connectivity index (χ1) is 7.57. The van der Waals surface area contributed by atoms with E-state index in [2.05, 4.69) is 10.3 Å². The minimum atomic E-state index is -2.89. The normalized spacial score (nSPS) is 23.9. The molecule has 1 aromatic rings. The lowest BCUT2D eigenvalue weighted by atomic mass is 10.2. The maximum absolute atomic E-state index is 11.4. The fourth-order valence-corrected chi connectivity index (χ4v) is 3.66. The predicted octanol–water partition coefficient (Wildman–Crippen LogP) is 1.72. The summed E-state index contributed by atoms with van der Waals surface area (Å²) < 4.78 is 22.9. The van der Waals surface area contributed by atoms with Crippen molar-refractivity contribution in [2.24, 2.45) is 0 Å². The molecule has 2 rings (SSSR count). The molecule has 0 amide bonds. The lowest BCUT2D eigenvalue weighted by Gasteiger charge is -2.24. The number of sulfone groups is 1. The van der Waals surface area contributed by atoms with Crippen LogP contribution in [-0.2, 0) is 9.84 Å². The average Bonchev–Trinajstić information content (AvgIpc) is 2.20. The molecule has 1 aromatic heterocycles. The topological polar surface area (TPSA) is 59.1 Å². The van der Waals surface area contributed by atoms with Gasteiger partial charge in [-0.1, -0.05) is 11.6 Å². The van der Waals surface area contributed by atoms with E-state index in [4.69, 9.17) is 11.6 Å². The molecule has 0 spiro atoms. The van der Waals surface area contributed by atoms with Gasteiger partial charge >= 0.3 is 0 Å². The summed E-state index contributed by atoms with van der Waals surface area (Å²) >= 11 is 5.89. The van der Waals surface area contributed by atoms with Crippen molar-refractivity contribution in [2.75, 3.05) is 16.8 Å². The first-order valence-corrected chi connectivity index (χ1v) is 7.34. The minimum absolute atomic E-state index is 0.0551. The van der Waals surface area contributed by atoms with Crippen LogP contribution in [0.4, 0.5) is 5.69 Å². The quantitative estimate of drug-likeness (QED) is 0.823. The third-order valence-corrected chi connectivity index (χ3v) is 4.70. The number of halogens is 1. The zero-order chi connectivity index (χ0) is 11.6. The van der Waals surface area contributed by atoms with Gasteiger partial charge in [0.15, 0.2) is 15.0 Å². The summed E-state index contributed by atoms with van der Waals surface area (Å²) in [7, 11) is -2.89. The van der Waals surface area contributed by atoms with Crippen LogP contribution in [0.1, 0.15) is 12.8 Å². The second kappa shape index (κ2) is 4.59. The van der Waals surface area contributed by atoms with Gasteiger partial charge < -0.3 is 5.32 Å². The van der Waals surface area contributed by atoms with Crippen molar-refractivity contribution < 1.29 is 8.42 Å². The Kier molecular flexibility index (Phi) is 3.35. The molecule has 1 aliphatic rings. The van der Waals surface area contributed by atoms with Crippen LogP contribution >= 0.6 is 11.6 Å². The highest BCUT2D eigenvalue weighted by atomic mass is 35.5. The average molecular weight is 261 g/mol. The van der Waals surface area contributed by atoms with Crippen LogP contribution in [0, 0.1) is 0 Å². The maximum atomic E-state index is 11.4. The summed E-state index contributed by atoms with van der Waals surface area (Å²) in [5.41, 5.74) is 0.700. The molecule has 1 N–H and O–H groups in total. The summed E-state index contributed by atoms with van der Waals surface area (Å²) in [5, 5.41) is 3.51. The molecule has 0 aromatic carbocycles. The Labute approximate surface area is 99.9 Å². The predicted molar refractivity (Wildman–Crippen MR) is 64.5 cm³/mol. The van der Waals surface area contributed by atoms with Crippen molar-refractivity contribution >= 4 is 27.1 Å². The largest absolute Gasteiger partial charge is 0.379 e. The molecule has 0 bridgehead atoms. The second-order valence-electron chi connectivity index (χ2n) is 3.94. The van der Waals surface area contributed by atoms with E-state index in [0.29, 0.717) is 23.0 Å².